The number of hydrogen-bond acceptors (Lipinski definition) is 3. The quantitative estimate of drug-likeness (QED) is 0.171. The minimum Gasteiger partial charge on any atom is -0.457 e. The number of benzene rings is 12. The predicted octanol–water partition coefficient (Wildman–Crippen LogP) is 19.2. The van der Waals surface area contributed by atoms with Crippen molar-refractivity contribution in [2.75, 3.05) is 4.90 Å². The molecule has 0 saturated carbocycles. The molecule has 4 aliphatic rings. The van der Waals surface area contributed by atoms with Crippen molar-refractivity contribution in [1.29, 1.82) is 0 Å². The summed E-state index contributed by atoms with van der Waals surface area (Å²) < 4.78 is 9.13. The standard InChI is InChI=1S/C74H46N2OS/c1-2-20-49(21-3-1)76-67-32-13-6-25-55(67)56-40-37-48(44-68(56)76)47-19-18-22-50(43-47)75(51-38-41-61-57(45-51)53-23-4-7-26-59(53)73(61)63-28-9-14-33-69(63)77-70-34-15-10-29-64(70)73)52-39-42-62-58(46-52)54-24-5-8-27-60(54)74(62)65-30-11-16-35-71(65)78-72-36-17-12-31-66(72)74/h1-46H. The van der Waals surface area contributed by atoms with Gasteiger partial charge in [0.25, 0.3) is 0 Å². The van der Waals surface area contributed by atoms with Crippen LogP contribution in [-0.2, 0) is 10.8 Å². The number of ether oxygens (including phenoxy) is 1. The summed E-state index contributed by atoms with van der Waals surface area (Å²) in [6.07, 6.45) is 0. The van der Waals surface area contributed by atoms with Gasteiger partial charge in [-0.3, -0.25) is 0 Å². The van der Waals surface area contributed by atoms with Gasteiger partial charge in [0.05, 0.1) is 21.9 Å². The summed E-state index contributed by atoms with van der Waals surface area (Å²) in [5, 5.41) is 2.48. The van der Waals surface area contributed by atoms with Crippen LogP contribution in [0.4, 0.5) is 17.1 Å². The Balaban J connectivity index is 0.901. The molecule has 0 atom stereocenters. The highest BCUT2D eigenvalue weighted by atomic mass is 32.2. The second-order valence-electron chi connectivity index (χ2n) is 21.0. The Kier molecular flexibility index (Phi) is 9.20. The van der Waals surface area contributed by atoms with Crippen LogP contribution in [0, 0.1) is 0 Å². The lowest BCUT2D eigenvalue weighted by molar-refractivity contribution is 0.436. The summed E-state index contributed by atoms with van der Waals surface area (Å²) in [7, 11) is 0. The van der Waals surface area contributed by atoms with Gasteiger partial charge in [0.15, 0.2) is 0 Å². The maximum Gasteiger partial charge on any atom is 0.132 e. The van der Waals surface area contributed by atoms with Gasteiger partial charge in [0, 0.05) is 54.4 Å². The molecule has 3 heterocycles. The van der Waals surface area contributed by atoms with Crippen molar-refractivity contribution >= 4 is 50.6 Å². The zero-order chi connectivity index (χ0) is 51.1. The molecule has 0 fully saturated rings. The zero-order valence-corrected chi connectivity index (χ0v) is 43.1. The van der Waals surface area contributed by atoms with Crippen molar-refractivity contribution in [3.8, 4) is 50.6 Å². The first-order chi connectivity index (χ1) is 38.7. The van der Waals surface area contributed by atoms with E-state index in [1.165, 1.54) is 87.2 Å². The molecule has 2 spiro atoms. The SMILES string of the molecule is c1ccc(-n2c3ccccc3c3ccc(-c4cccc(N(c5ccc6c(c5)-c5ccccc5C65c6ccccc6Oc6ccccc65)c5ccc6c(c5)-c5ccccc5C65c6ccccc6Sc6ccccc65)c4)cc32)cc1. The van der Waals surface area contributed by atoms with Crippen LogP contribution < -0.4 is 9.64 Å². The van der Waals surface area contributed by atoms with Gasteiger partial charge in [-0.2, -0.15) is 0 Å². The summed E-state index contributed by atoms with van der Waals surface area (Å²) in [6, 6.07) is 104. The molecule has 78 heavy (non-hydrogen) atoms. The Labute approximate surface area is 456 Å². The van der Waals surface area contributed by atoms with Crippen LogP contribution in [0.15, 0.2) is 289 Å². The fourth-order valence-electron chi connectivity index (χ4n) is 14.2. The summed E-state index contributed by atoms with van der Waals surface area (Å²) in [5.74, 6) is 1.78. The largest absolute Gasteiger partial charge is 0.457 e. The van der Waals surface area contributed by atoms with Crippen LogP contribution in [0.2, 0.25) is 0 Å². The van der Waals surface area contributed by atoms with Crippen LogP contribution in [0.5, 0.6) is 11.5 Å². The van der Waals surface area contributed by atoms with Gasteiger partial charge in [0.2, 0.25) is 0 Å². The van der Waals surface area contributed by atoms with Gasteiger partial charge < -0.3 is 14.2 Å². The fourth-order valence-corrected chi connectivity index (χ4v) is 15.4. The number of para-hydroxylation sites is 4. The molecule has 0 bridgehead atoms. The Morgan fingerprint density at radius 2 is 0.782 bits per heavy atom. The summed E-state index contributed by atoms with van der Waals surface area (Å²) in [5.41, 5.74) is 23.1. The highest BCUT2D eigenvalue weighted by Crippen LogP contribution is 2.65. The first-order valence-corrected chi connectivity index (χ1v) is 27.7. The van der Waals surface area contributed by atoms with Crippen LogP contribution in [0.25, 0.3) is 60.9 Å². The molecule has 4 heteroatoms. The van der Waals surface area contributed by atoms with E-state index in [4.69, 9.17) is 4.74 Å². The molecule has 364 valence electrons. The second kappa shape index (κ2) is 16.4. The third kappa shape index (κ3) is 5.84. The number of aromatic nitrogens is 1. The molecular formula is C74H46N2OS. The van der Waals surface area contributed by atoms with E-state index < -0.39 is 10.8 Å². The van der Waals surface area contributed by atoms with E-state index in [-0.39, 0.29) is 0 Å². The molecule has 0 saturated heterocycles. The molecule has 0 radical (unpaired) electrons. The maximum absolute atomic E-state index is 6.72. The highest BCUT2D eigenvalue weighted by Gasteiger charge is 2.52. The number of hydrogen-bond donors (Lipinski definition) is 0. The summed E-state index contributed by atoms with van der Waals surface area (Å²) >= 11 is 1.88. The maximum atomic E-state index is 6.72. The fraction of sp³-hybridized carbons (Fsp3) is 0.0270. The first kappa shape index (κ1) is 43.6. The lowest BCUT2D eigenvalue weighted by Crippen LogP contribution is -2.32. The van der Waals surface area contributed by atoms with Gasteiger partial charge in [-0.1, -0.05) is 206 Å². The van der Waals surface area contributed by atoms with Crippen LogP contribution in [0.1, 0.15) is 44.5 Å². The first-order valence-electron chi connectivity index (χ1n) is 26.9. The number of fused-ring (bicyclic) bond motifs is 21. The normalized spacial score (nSPS) is 14.2. The molecule has 17 rings (SSSR count). The third-order valence-corrected chi connectivity index (χ3v) is 18.5. The Bertz CT molecular complexity index is 4380. The van der Waals surface area contributed by atoms with Crippen molar-refractivity contribution in [2.45, 2.75) is 20.6 Å². The summed E-state index contributed by atoms with van der Waals surface area (Å²) in [6.45, 7) is 0. The predicted molar refractivity (Wildman–Crippen MR) is 320 cm³/mol. The molecule has 3 nitrogen and oxygen atoms in total. The van der Waals surface area contributed by atoms with E-state index in [0.717, 1.165) is 56.5 Å². The van der Waals surface area contributed by atoms with Gasteiger partial charge in [-0.15, -0.1) is 0 Å². The van der Waals surface area contributed by atoms with Crippen LogP contribution >= 0.6 is 11.8 Å². The van der Waals surface area contributed by atoms with E-state index >= 15 is 0 Å². The van der Waals surface area contributed by atoms with E-state index in [1.54, 1.807) is 0 Å². The average molecular weight is 1010 g/mol. The average Bonchev–Trinajstić information content (AvgIpc) is 4.16. The minimum atomic E-state index is -0.571. The van der Waals surface area contributed by atoms with Crippen molar-refractivity contribution in [2.24, 2.45) is 0 Å². The molecule has 0 unspecified atom stereocenters. The van der Waals surface area contributed by atoms with E-state index in [1.807, 2.05) is 11.8 Å². The zero-order valence-electron chi connectivity index (χ0n) is 42.3. The summed E-state index contributed by atoms with van der Waals surface area (Å²) in [4.78, 5) is 5.10. The molecule has 2 aliphatic heterocycles. The van der Waals surface area contributed by atoms with Gasteiger partial charge >= 0.3 is 0 Å². The highest BCUT2D eigenvalue weighted by molar-refractivity contribution is 7.99. The molecule has 2 aliphatic carbocycles. The Morgan fingerprint density at radius 1 is 0.308 bits per heavy atom. The van der Waals surface area contributed by atoms with Crippen molar-refractivity contribution in [3.05, 3.63) is 324 Å². The number of nitrogens with zero attached hydrogens (tertiary/aromatic N) is 2. The Morgan fingerprint density at radius 3 is 1.42 bits per heavy atom. The van der Waals surface area contributed by atoms with Crippen molar-refractivity contribution in [1.82, 2.24) is 4.57 Å². The molecule has 0 N–H and O–H groups in total. The van der Waals surface area contributed by atoms with Crippen LogP contribution in [0.3, 0.4) is 0 Å². The Hall–Kier alpha value is -9.61. The minimum absolute atomic E-state index is 0.476. The molecular weight excluding hydrogens is 965 g/mol. The van der Waals surface area contributed by atoms with E-state index in [0.29, 0.717) is 0 Å². The van der Waals surface area contributed by atoms with E-state index in [2.05, 4.69) is 289 Å². The lowest BCUT2D eigenvalue weighted by Gasteiger charge is -2.39. The van der Waals surface area contributed by atoms with Gasteiger partial charge in [0.1, 0.15) is 11.5 Å². The molecule has 13 aromatic rings. The van der Waals surface area contributed by atoms with E-state index in [9.17, 15) is 0 Å². The van der Waals surface area contributed by atoms with Gasteiger partial charge in [-0.05, 0) is 152 Å². The number of anilines is 3. The van der Waals surface area contributed by atoms with Crippen molar-refractivity contribution in [3.63, 3.8) is 0 Å². The molecule has 12 aromatic carbocycles. The second-order valence-corrected chi connectivity index (χ2v) is 22.1. The lowest BCUT2D eigenvalue weighted by atomic mass is 9.66. The van der Waals surface area contributed by atoms with Crippen molar-refractivity contribution < 1.29 is 4.74 Å². The monoisotopic (exact) mass is 1010 g/mol. The molecule has 1 aromatic heterocycles. The number of rotatable bonds is 5. The molecule has 0 amide bonds. The third-order valence-electron chi connectivity index (χ3n) is 17.3. The topological polar surface area (TPSA) is 17.4 Å². The smallest absolute Gasteiger partial charge is 0.132 e. The van der Waals surface area contributed by atoms with Gasteiger partial charge in [-0.25, -0.2) is 0 Å². The van der Waals surface area contributed by atoms with Crippen LogP contribution in [-0.4, -0.2) is 4.57 Å².